The average molecular weight is 377 g/mol. The van der Waals surface area contributed by atoms with Gasteiger partial charge in [-0.2, -0.15) is 0 Å². The summed E-state index contributed by atoms with van der Waals surface area (Å²) in [6.07, 6.45) is 1.80. The number of hydrogen-bond donors (Lipinski definition) is 2. The molecule has 0 bridgehead atoms. The molecule has 6 nitrogen and oxygen atoms in total. The topological polar surface area (TPSA) is 88.4 Å². The van der Waals surface area contributed by atoms with Crippen molar-refractivity contribution in [3.8, 4) is 0 Å². The summed E-state index contributed by atoms with van der Waals surface area (Å²) in [5.41, 5.74) is 5.40. The number of amides is 2. The lowest BCUT2D eigenvalue weighted by Gasteiger charge is -2.07. The van der Waals surface area contributed by atoms with Crippen LogP contribution in [0.2, 0.25) is 0 Å². The summed E-state index contributed by atoms with van der Waals surface area (Å²) >= 11 is 2.99. The molecule has 1 heterocycles. The number of carbonyl (C=O) groups is 2. The SMILES string of the molecule is O=C(NNC(=O)[C@H]1C[C@@H]1c1ccccc1)c1coc(=O)c(Br)c1. The van der Waals surface area contributed by atoms with Gasteiger partial charge in [0.05, 0.1) is 5.56 Å². The van der Waals surface area contributed by atoms with Crippen LogP contribution in [0.25, 0.3) is 0 Å². The van der Waals surface area contributed by atoms with E-state index in [9.17, 15) is 14.4 Å². The maximum Gasteiger partial charge on any atom is 0.350 e. The Balaban J connectivity index is 1.54. The average Bonchev–Trinajstić information content (AvgIpc) is 3.36. The molecule has 23 heavy (non-hydrogen) atoms. The molecule has 0 aliphatic heterocycles. The van der Waals surface area contributed by atoms with Crippen molar-refractivity contribution in [3.63, 3.8) is 0 Å². The second-order valence-corrected chi connectivity index (χ2v) is 6.13. The number of hydrogen-bond acceptors (Lipinski definition) is 4. The van der Waals surface area contributed by atoms with Crippen LogP contribution < -0.4 is 16.5 Å². The van der Waals surface area contributed by atoms with E-state index in [2.05, 4.69) is 31.2 Å². The van der Waals surface area contributed by atoms with Crippen LogP contribution in [-0.2, 0) is 4.79 Å². The molecule has 1 aliphatic rings. The summed E-state index contributed by atoms with van der Waals surface area (Å²) in [5, 5.41) is 0. The Morgan fingerprint density at radius 1 is 1.17 bits per heavy atom. The van der Waals surface area contributed by atoms with Gasteiger partial charge in [0.2, 0.25) is 5.91 Å². The Labute approximate surface area is 140 Å². The second-order valence-electron chi connectivity index (χ2n) is 5.27. The van der Waals surface area contributed by atoms with Gasteiger partial charge < -0.3 is 4.42 Å². The minimum absolute atomic E-state index is 0.132. The van der Waals surface area contributed by atoms with Crippen molar-refractivity contribution in [1.29, 1.82) is 0 Å². The highest BCUT2D eigenvalue weighted by atomic mass is 79.9. The third kappa shape index (κ3) is 3.50. The Kier molecular flexibility index (Phi) is 4.29. The number of hydrazine groups is 1. The van der Waals surface area contributed by atoms with Crippen LogP contribution in [0.15, 0.2) is 56.3 Å². The highest BCUT2D eigenvalue weighted by molar-refractivity contribution is 9.10. The Hall–Kier alpha value is -2.41. The molecule has 1 fully saturated rings. The molecular formula is C16H13BrN2O4. The highest BCUT2D eigenvalue weighted by Crippen LogP contribution is 2.47. The lowest BCUT2D eigenvalue weighted by Crippen LogP contribution is -2.42. The standard InChI is InChI=1S/C16H13BrN2O4/c17-13-6-10(8-23-16(13)22)14(20)18-19-15(21)12-7-11(12)9-4-2-1-3-5-9/h1-6,8,11-12H,7H2,(H,18,20)(H,19,21)/t11-,12+/m1/s1. The van der Waals surface area contributed by atoms with Crippen LogP contribution in [0.4, 0.5) is 0 Å². The predicted octanol–water partition coefficient (Wildman–Crippen LogP) is 1.97. The van der Waals surface area contributed by atoms with Crippen molar-refractivity contribution < 1.29 is 14.0 Å². The molecule has 0 radical (unpaired) electrons. The second kappa shape index (κ2) is 6.37. The summed E-state index contributed by atoms with van der Waals surface area (Å²) in [4.78, 5) is 35.0. The largest absolute Gasteiger partial charge is 0.430 e. The fraction of sp³-hybridized carbons (Fsp3) is 0.188. The number of rotatable bonds is 3. The van der Waals surface area contributed by atoms with Crippen molar-refractivity contribution in [2.24, 2.45) is 5.92 Å². The molecule has 3 rings (SSSR count). The quantitative estimate of drug-likeness (QED) is 0.801. The highest BCUT2D eigenvalue weighted by Gasteiger charge is 2.43. The van der Waals surface area contributed by atoms with E-state index < -0.39 is 11.5 Å². The summed E-state index contributed by atoms with van der Waals surface area (Å²) in [6, 6.07) is 11.1. The minimum Gasteiger partial charge on any atom is -0.430 e. The molecule has 0 unspecified atom stereocenters. The summed E-state index contributed by atoms with van der Waals surface area (Å²) in [7, 11) is 0. The van der Waals surface area contributed by atoms with Gasteiger partial charge in [-0.15, -0.1) is 0 Å². The van der Waals surface area contributed by atoms with Gasteiger partial charge in [0.25, 0.3) is 5.91 Å². The van der Waals surface area contributed by atoms with Crippen molar-refractivity contribution in [2.75, 3.05) is 0 Å². The fourth-order valence-corrected chi connectivity index (χ4v) is 2.70. The maximum atomic E-state index is 12.0. The molecule has 118 valence electrons. The van der Waals surface area contributed by atoms with E-state index in [4.69, 9.17) is 0 Å². The van der Waals surface area contributed by atoms with Crippen LogP contribution in [0.3, 0.4) is 0 Å². The first-order valence-electron chi connectivity index (χ1n) is 7.00. The fourth-order valence-electron chi connectivity index (χ4n) is 2.36. The van der Waals surface area contributed by atoms with E-state index in [1.165, 1.54) is 6.07 Å². The number of halogens is 1. The summed E-state index contributed by atoms with van der Waals surface area (Å²) < 4.78 is 4.82. The molecule has 0 saturated heterocycles. The van der Waals surface area contributed by atoms with Gasteiger partial charge in [-0.1, -0.05) is 30.3 Å². The first kappa shape index (κ1) is 15.5. The molecule has 2 N–H and O–H groups in total. The Bertz CT molecular complexity index is 803. The third-order valence-electron chi connectivity index (χ3n) is 3.69. The van der Waals surface area contributed by atoms with Gasteiger partial charge >= 0.3 is 5.63 Å². The molecule has 1 aromatic carbocycles. The maximum absolute atomic E-state index is 12.0. The van der Waals surface area contributed by atoms with Crippen molar-refractivity contribution in [3.05, 3.63) is 68.7 Å². The van der Waals surface area contributed by atoms with E-state index >= 15 is 0 Å². The van der Waals surface area contributed by atoms with Gasteiger partial charge in [-0.3, -0.25) is 20.4 Å². The van der Waals surface area contributed by atoms with Gasteiger partial charge in [-0.05, 0) is 39.9 Å². The van der Waals surface area contributed by atoms with E-state index in [0.29, 0.717) is 0 Å². The van der Waals surface area contributed by atoms with Crippen molar-refractivity contribution in [1.82, 2.24) is 10.9 Å². The molecular weight excluding hydrogens is 364 g/mol. The summed E-state index contributed by atoms with van der Waals surface area (Å²) in [5.74, 6) is -0.738. The zero-order valence-electron chi connectivity index (χ0n) is 11.9. The number of benzene rings is 1. The Morgan fingerprint density at radius 3 is 2.61 bits per heavy atom. The molecule has 2 atom stereocenters. The zero-order chi connectivity index (χ0) is 16.4. The van der Waals surface area contributed by atoms with Gasteiger partial charge in [0.1, 0.15) is 10.7 Å². The van der Waals surface area contributed by atoms with Crippen LogP contribution >= 0.6 is 15.9 Å². The molecule has 1 aromatic heterocycles. The van der Waals surface area contributed by atoms with Gasteiger partial charge in [0, 0.05) is 5.92 Å². The number of carbonyl (C=O) groups excluding carboxylic acids is 2. The monoisotopic (exact) mass is 376 g/mol. The predicted molar refractivity (Wildman–Crippen MR) is 85.6 cm³/mol. The van der Waals surface area contributed by atoms with Crippen LogP contribution in [0.1, 0.15) is 28.3 Å². The molecule has 0 spiro atoms. The first-order valence-corrected chi connectivity index (χ1v) is 7.79. The van der Waals surface area contributed by atoms with Crippen molar-refractivity contribution >= 4 is 27.7 Å². The zero-order valence-corrected chi connectivity index (χ0v) is 13.5. The van der Waals surface area contributed by atoms with Crippen LogP contribution in [0, 0.1) is 5.92 Å². The van der Waals surface area contributed by atoms with Gasteiger partial charge in [-0.25, -0.2) is 4.79 Å². The first-order chi connectivity index (χ1) is 11.1. The molecule has 7 heteroatoms. The van der Waals surface area contributed by atoms with Crippen molar-refractivity contribution in [2.45, 2.75) is 12.3 Å². The Morgan fingerprint density at radius 2 is 1.91 bits per heavy atom. The molecule has 2 amide bonds. The van der Waals surface area contributed by atoms with Crippen LogP contribution in [0.5, 0.6) is 0 Å². The molecule has 2 aromatic rings. The summed E-state index contributed by atoms with van der Waals surface area (Å²) in [6.45, 7) is 0. The van der Waals surface area contributed by atoms with E-state index in [0.717, 1.165) is 18.2 Å². The lowest BCUT2D eigenvalue weighted by atomic mass is 10.1. The third-order valence-corrected chi connectivity index (χ3v) is 4.24. The van der Waals surface area contributed by atoms with E-state index in [1.807, 2.05) is 30.3 Å². The van der Waals surface area contributed by atoms with E-state index in [-0.39, 0.29) is 27.8 Å². The molecule has 1 aliphatic carbocycles. The minimum atomic E-state index is -0.575. The normalized spacial score (nSPS) is 19.0. The smallest absolute Gasteiger partial charge is 0.350 e. The van der Waals surface area contributed by atoms with Crippen LogP contribution in [-0.4, -0.2) is 11.8 Å². The van der Waals surface area contributed by atoms with Gasteiger partial charge in [0.15, 0.2) is 0 Å². The van der Waals surface area contributed by atoms with E-state index in [1.54, 1.807) is 0 Å². The lowest BCUT2D eigenvalue weighted by molar-refractivity contribution is -0.123. The molecule has 1 saturated carbocycles. The number of nitrogens with one attached hydrogen (secondary N) is 2.